The van der Waals surface area contributed by atoms with Crippen LogP contribution in [0.5, 0.6) is 5.75 Å². The van der Waals surface area contributed by atoms with Crippen molar-refractivity contribution in [3.63, 3.8) is 0 Å². The fourth-order valence-electron chi connectivity index (χ4n) is 0.823. The first kappa shape index (κ1) is 9.92. The van der Waals surface area contributed by atoms with E-state index >= 15 is 0 Å². The molecule has 0 radical (unpaired) electrons. The molecule has 0 aliphatic heterocycles. The zero-order chi connectivity index (χ0) is 9.68. The molecule has 0 saturated heterocycles. The van der Waals surface area contributed by atoms with Crippen LogP contribution in [-0.2, 0) is 0 Å². The van der Waals surface area contributed by atoms with Gasteiger partial charge in [0, 0.05) is 11.9 Å². The maximum atomic E-state index is 11.0. The van der Waals surface area contributed by atoms with E-state index in [4.69, 9.17) is 4.74 Å². The Kier molecular flexibility index (Phi) is 3.64. The Hall–Kier alpha value is -1.16. The number of carbonyl (C=O) groups excluding carboxylic acids is 1. The van der Waals surface area contributed by atoms with E-state index in [1.165, 1.54) is 0 Å². The van der Waals surface area contributed by atoms with Crippen LogP contribution >= 0.6 is 11.8 Å². The second kappa shape index (κ2) is 4.77. The molecule has 1 rings (SSSR count). The number of methoxy groups -OCH3 is 1. The molecular formula is C9H11NO2S. The van der Waals surface area contributed by atoms with E-state index in [2.05, 4.69) is 5.32 Å². The SMILES string of the molecule is CNC(=O)Sc1cccc(OC)c1. The molecule has 0 spiro atoms. The average molecular weight is 197 g/mol. The highest BCUT2D eigenvalue weighted by Gasteiger charge is 2.01. The lowest BCUT2D eigenvalue weighted by Gasteiger charge is -2.02. The molecule has 1 aromatic rings. The number of benzene rings is 1. The average Bonchev–Trinajstić information content (AvgIpc) is 2.18. The summed E-state index contributed by atoms with van der Waals surface area (Å²) in [5, 5.41) is 2.46. The fourth-order valence-corrected chi connectivity index (χ4v) is 1.46. The summed E-state index contributed by atoms with van der Waals surface area (Å²) in [6, 6.07) is 7.38. The Balaban J connectivity index is 2.71. The van der Waals surface area contributed by atoms with Gasteiger partial charge in [0.25, 0.3) is 5.24 Å². The lowest BCUT2D eigenvalue weighted by Crippen LogP contribution is -2.10. The van der Waals surface area contributed by atoms with Crippen LogP contribution in [0.3, 0.4) is 0 Å². The number of thioether (sulfide) groups is 1. The van der Waals surface area contributed by atoms with Crippen molar-refractivity contribution in [2.24, 2.45) is 0 Å². The van der Waals surface area contributed by atoms with Crippen LogP contribution in [0.2, 0.25) is 0 Å². The number of nitrogens with one attached hydrogen (secondary N) is 1. The Bertz CT molecular complexity index is 301. The summed E-state index contributed by atoms with van der Waals surface area (Å²) in [7, 11) is 3.21. The van der Waals surface area contributed by atoms with Crippen molar-refractivity contribution >= 4 is 17.0 Å². The fraction of sp³-hybridized carbons (Fsp3) is 0.222. The molecule has 1 N–H and O–H groups in total. The van der Waals surface area contributed by atoms with Gasteiger partial charge in [-0.25, -0.2) is 0 Å². The number of amides is 1. The topological polar surface area (TPSA) is 38.3 Å². The van der Waals surface area contributed by atoms with Crippen molar-refractivity contribution in [1.29, 1.82) is 0 Å². The lowest BCUT2D eigenvalue weighted by molar-refractivity contribution is 0.262. The van der Waals surface area contributed by atoms with Crippen LogP contribution < -0.4 is 10.1 Å². The quantitative estimate of drug-likeness (QED) is 0.738. The summed E-state index contributed by atoms with van der Waals surface area (Å²) >= 11 is 1.14. The molecule has 1 aromatic carbocycles. The monoisotopic (exact) mass is 197 g/mol. The van der Waals surface area contributed by atoms with E-state index in [1.54, 1.807) is 14.2 Å². The summed E-state index contributed by atoms with van der Waals surface area (Å²) in [5.41, 5.74) is 0. The van der Waals surface area contributed by atoms with Crippen LogP contribution in [0.1, 0.15) is 0 Å². The Labute approximate surface area is 81.5 Å². The smallest absolute Gasteiger partial charge is 0.283 e. The third-order valence-electron chi connectivity index (χ3n) is 1.46. The molecule has 0 aliphatic rings. The molecule has 0 saturated carbocycles. The van der Waals surface area contributed by atoms with Gasteiger partial charge in [-0.05, 0) is 30.0 Å². The summed E-state index contributed by atoms with van der Waals surface area (Å²) in [6.07, 6.45) is 0. The van der Waals surface area contributed by atoms with Gasteiger partial charge in [-0.2, -0.15) is 0 Å². The molecule has 1 amide bonds. The van der Waals surface area contributed by atoms with Crippen molar-refractivity contribution in [2.45, 2.75) is 4.90 Å². The van der Waals surface area contributed by atoms with Crippen LogP contribution in [0.25, 0.3) is 0 Å². The van der Waals surface area contributed by atoms with Crippen molar-refractivity contribution in [3.8, 4) is 5.75 Å². The highest BCUT2D eigenvalue weighted by Crippen LogP contribution is 2.22. The molecule has 0 unspecified atom stereocenters. The first-order valence-electron chi connectivity index (χ1n) is 3.80. The van der Waals surface area contributed by atoms with Gasteiger partial charge < -0.3 is 10.1 Å². The van der Waals surface area contributed by atoms with Gasteiger partial charge in [-0.15, -0.1) is 0 Å². The van der Waals surface area contributed by atoms with Gasteiger partial charge in [-0.3, -0.25) is 4.79 Å². The predicted octanol–water partition coefficient (Wildman–Crippen LogP) is 2.13. The molecule has 70 valence electrons. The summed E-state index contributed by atoms with van der Waals surface area (Å²) in [5.74, 6) is 0.758. The van der Waals surface area contributed by atoms with Gasteiger partial charge in [0.15, 0.2) is 0 Å². The van der Waals surface area contributed by atoms with Crippen LogP contribution in [0, 0.1) is 0 Å². The number of carbonyl (C=O) groups is 1. The highest BCUT2D eigenvalue weighted by molar-refractivity contribution is 8.13. The minimum absolute atomic E-state index is 0.0757. The van der Waals surface area contributed by atoms with E-state index < -0.39 is 0 Å². The molecule has 13 heavy (non-hydrogen) atoms. The summed E-state index contributed by atoms with van der Waals surface area (Å²) in [4.78, 5) is 11.9. The Morgan fingerprint density at radius 2 is 2.31 bits per heavy atom. The summed E-state index contributed by atoms with van der Waals surface area (Å²) in [6.45, 7) is 0. The van der Waals surface area contributed by atoms with Gasteiger partial charge in [0.05, 0.1) is 7.11 Å². The van der Waals surface area contributed by atoms with Crippen molar-refractivity contribution in [2.75, 3.05) is 14.2 Å². The third kappa shape index (κ3) is 2.99. The minimum Gasteiger partial charge on any atom is -0.497 e. The van der Waals surface area contributed by atoms with E-state index in [1.807, 2.05) is 24.3 Å². The lowest BCUT2D eigenvalue weighted by atomic mass is 10.3. The van der Waals surface area contributed by atoms with Crippen molar-refractivity contribution in [3.05, 3.63) is 24.3 Å². The second-order valence-electron chi connectivity index (χ2n) is 2.32. The minimum atomic E-state index is -0.0757. The maximum Gasteiger partial charge on any atom is 0.283 e. The van der Waals surface area contributed by atoms with E-state index in [0.29, 0.717) is 0 Å². The van der Waals surface area contributed by atoms with Gasteiger partial charge in [0.1, 0.15) is 5.75 Å². The normalized spacial score (nSPS) is 9.38. The molecule has 0 aliphatic carbocycles. The van der Waals surface area contributed by atoms with Crippen LogP contribution in [0.15, 0.2) is 29.2 Å². The third-order valence-corrected chi connectivity index (χ3v) is 2.34. The van der Waals surface area contributed by atoms with E-state index in [-0.39, 0.29) is 5.24 Å². The summed E-state index contributed by atoms with van der Waals surface area (Å²) < 4.78 is 5.03. The zero-order valence-corrected chi connectivity index (χ0v) is 8.35. The molecule has 0 atom stereocenters. The van der Waals surface area contributed by atoms with E-state index in [9.17, 15) is 4.79 Å². The standard InChI is InChI=1S/C9H11NO2S/c1-10-9(11)13-8-5-3-4-7(6-8)12-2/h3-6H,1-2H3,(H,10,11). The molecule has 3 nitrogen and oxygen atoms in total. The number of ether oxygens (including phenoxy) is 1. The van der Waals surface area contributed by atoms with Gasteiger partial charge >= 0.3 is 0 Å². The number of hydrogen-bond donors (Lipinski definition) is 1. The van der Waals surface area contributed by atoms with Crippen molar-refractivity contribution in [1.82, 2.24) is 5.32 Å². The van der Waals surface area contributed by atoms with Gasteiger partial charge in [-0.1, -0.05) is 6.07 Å². The highest BCUT2D eigenvalue weighted by atomic mass is 32.2. The molecule has 0 fully saturated rings. The molecule has 4 heteroatoms. The largest absolute Gasteiger partial charge is 0.497 e. The van der Waals surface area contributed by atoms with Crippen molar-refractivity contribution < 1.29 is 9.53 Å². The first-order valence-corrected chi connectivity index (χ1v) is 4.61. The number of rotatable bonds is 2. The Morgan fingerprint density at radius 3 is 2.92 bits per heavy atom. The molecule has 0 heterocycles. The van der Waals surface area contributed by atoms with Gasteiger partial charge in [0.2, 0.25) is 0 Å². The molecular weight excluding hydrogens is 186 g/mol. The second-order valence-corrected chi connectivity index (χ2v) is 3.36. The van der Waals surface area contributed by atoms with Crippen LogP contribution in [-0.4, -0.2) is 19.4 Å². The Morgan fingerprint density at radius 1 is 1.54 bits per heavy atom. The van der Waals surface area contributed by atoms with E-state index in [0.717, 1.165) is 22.4 Å². The predicted molar refractivity (Wildman–Crippen MR) is 53.3 cm³/mol. The molecule has 0 bridgehead atoms. The maximum absolute atomic E-state index is 11.0. The zero-order valence-electron chi connectivity index (χ0n) is 7.53. The number of hydrogen-bond acceptors (Lipinski definition) is 3. The van der Waals surface area contributed by atoms with Crippen LogP contribution in [0.4, 0.5) is 4.79 Å². The molecule has 0 aromatic heterocycles. The first-order chi connectivity index (χ1) is 6.26.